The number of ether oxygens (including phenoxy) is 1. The second kappa shape index (κ2) is 7.79. The van der Waals surface area contributed by atoms with E-state index >= 15 is 0 Å². The number of carboxylic acids is 1. The van der Waals surface area contributed by atoms with E-state index in [0.29, 0.717) is 37.6 Å². The Balaban J connectivity index is 2.17. The lowest BCUT2D eigenvalue weighted by atomic mass is 9.73. The fraction of sp³-hybridized carbons (Fsp3) is 0.529. The zero-order valence-corrected chi connectivity index (χ0v) is 13.9. The third kappa shape index (κ3) is 4.24. The van der Waals surface area contributed by atoms with Crippen LogP contribution in [0.2, 0.25) is 5.02 Å². The van der Waals surface area contributed by atoms with E-state index in [-0.39, 0.29) is 18.2 Å². The smallest absolute Gasteiger partial charge is 0.303 e. The predicted molar refractivity (Wildman–Crippen MR) is 87.6 cm³/mol. The molecule has 1 aromatic rings. The number of benzene rings is 1. The van der Waals surface area contributed by atoms with Crippen LogP contribution >= 0.6 is 11.6 Å². The summed E-state index contributed by atoms with van der Waals surface area (Å²) < 4.78 is 5.41. The fourth-order valence-electron chi connectivity index (χ4n) is 2.99. The molecule has 1 aliphatic heterocycles. The van der Waals surface area contributed by atoms with Gasteiger partial charge in [-0.15, -0.1) is 0 Å². The molecule has 1 aromatic carbocycles. The quantitative estimate of drug-likeness (QED) is 0.835. The van der Waals surface area contributed by atoms with E-state index in [2.05, 4.69) is 5.32 Å². The Morgan fingerprint density at radius 3 is 2.61 bits per heavy atom. The first kappa shape index (κ1) is 17.8. The number of rotatable bonds is 6. The van der Waals surface area contributed by atoms with Gasteiger partial charge in [-0.05, 0) is 30.4 Å². The molecule has 1 atom stereocenters. The predicted octanol–water partition coefficient (Wildman–Crippen LogP) is 2.62. The van der Waals surface area contributed by atoms with Crippen molar-refractivity contribution in [3.63, 3.8) is 0 Å². The molecule has 1 unspecified atom stereocenters. The lowest BCUT2D eigenvalue weighted by Crippen LogP contribution is -2.49. The van der Waals surface area contributed by atoms with Gasteiger partial charge in [-0.1, -0.05) is 36.7 Å². The summed E-state index contributed by atoms with van der Waals surface area (Å²) >= 11 is 6.32. The highest BCUT2D eigenvalue weighted by Gasteiger charge is 2.42. The van der Waals surface area contributed by atoms with E-state index in [1.807, 2.05) is 18.2 Å². The van der Waals surface area contributed by atoms with Gasteiger partial charge in [0.25, 0.3) is 0 Å². The van der Waals surface area contributed by atoms with Crippen molar-refractivity contribution in [2.75, 3.05) is 19.8 Å². The first-order valence-electron chi connectivity index (χ1n) is 7.78. The van der Waals surface area contributed by atoms with Crippen LogP contribution in [0.1, 0.15) is 31.7 Å². The Kier molecular flexibility index (Phi) is 6.02. The maximum Gasteiger partial charge on any atom is 0.303 e. The molecular weight excluding hydrogens is 318 g/mol. The van der Waals surface area contributed by atoms with Gasteiger partial charge in [-0.3, -0.25) is 9.59 Å². The van der Waals surface area contributed by atoms with Crippen molar-refractivity contribution in [2.24, 2.45) is 5.92 Å². The molecule has 1 amide bonds. The Morgan fingerprint density at radius 2 is 2.00 bits per heavy atom. The number of carbonyl (C=O) groups is 2. The van der Waals surface area contributed by atoms with Gasteiger partial charge in [0, 0.05) is 31.2 Å². The summed E-state index contributed by atoms with van der Waals surface area (Å²) in [7, 11) is 0. The van der Waals surface area contributed by atoms with Crippen molar-refractivity contribution in [2.45, 2.75) is 31.6 Å². The molecule has 0 saturated carbocycles. The van der Waals surface area contributed by atoms with Gasteiger partial charge >= 0.3 is 5.97 Å². The van der Waals surface area contributed by atoms with Crippen LogP contribution in [0.15, 0.2) is 24.3 Å². The van der Waals surface area contributed by atoms with Crippen LogP contribution in [0, 0.1) is 5.92 Å². The van der Waals surface area contributed by atoms with Crippen LogP contribution in [-0.2, 0) is 19.7 Å². The van der Waals surface area contributed by atoms with Gasteiger partial charge in [-0.25, -0.2) is 0 Å². The van der Waals surface area contributed by atoms with Crippen LogP contribution in [0.3, 0.4) is 0 Å². The SMILES string of the molecule is CC(CNC(=O)C1(c2ccccc2Cl)CCOCC1)CC(=O)O. The van der Waals surface area contributed by atoms with E-state index in [9.17, 15) is 9.59 Å². The summed E-state index contributed by atoms with van der Waals surface area (Å²) in [6.45, 7) is 3.14. The molecule has 0 spiro atoms. The third-order valence-corrected chi connectivity index (χ3v) is 4.63. The van der Waals surface area contributed by atoms with Crippen LogP contribution in [-0.4, -0.2) is 36.7 Å². The van der Waals surface area contributed by atoms with Gasteiger partial charge in [-0.2, -0.15) is 0 Å². The summed E-state index contributed by atoms with van der Waals surface area (Å²) in [6, 6.07) is 7.38. The Labute approximate surface area is 141 Å². The maximum absolute atomic E-state index is 12.9. The second-order valence-electron chi connectivity index (χ2n) is 6.09. The van der Waals surface area contributed by atoms with Crippen LogP contribution in [0.25, 0.3) is 0 Å². The minimum absolute atomic E-state index is 0.0302. The van der Waals surface area contributed by atoms with Gasteiger partial charge in [0.05, 0.1) is 5.41 Å². The number of carbonyl (C=O) groups excluding carboxylic acids is 1. The van der Waals surface area contributed by atoms with E-state index in [0.717, 1.165) is 5.56 Å². The molecule has 0 bridgehead atoms. The van der Waals surface area contributed by atoms with Crippen molar-refractivity contribution in [1.29, 1.82) is 0 Å². The Morgan fingerprint density at radius 1 is 1.35 bits per heavy atom. The van der Waals surface area contributed by atoms with Crippen molar-refractivity contribution < 1.29 is 19.4 Å². The number of hydrogen-bond acceptors (Lipinski definition) is 3. The van der Waals surface area contributed by atoms with Crippen LogP contribution in [0.5, 0.6) is 0 Å². The Hall–Kier alpha value is -1.59. The number of halogens is 1. The zero-order valence-electron chi connectivity index (χ0n) is 13.2. The number of carboxylic acid groups (broad SMARTS) is 1. The molecule has 126 valence electrons. The fourth-order valence-corrected chi connectivity index (χ4v) is 3.31. The van der Waals surface area contributed by atoms with Gasteiger partial charge in [0.15, 0.2) is 0 Å². The first-order valence-corrected chi connectivity index (χ1v) is 8.16. The summed E-state index contributed by atoms with van der Waals surface area (Å²) in [5.74, 6) is -1.09. The summed E-state index contributed by atoms with van der Waals surface area (Å²) in [4.78, 5) is 23.6. The molecule has 1 heterocycles. The largest absolute Gasteiger partial charge is 0.481 e. The summed E-state index contributed by atoms with van der Waals surface area (Å²) in [5.41, 5.74) is 0.104. The van der Waals surface area contributed by atoms with E-state index < -0.39 is 11.4 Å². The molecule has 6 heteroatoms. The number of aliphatic carboxylic acids is 1. The highest BCUT2D eigenvalue weighted by molar-refractivity contribution is 6.31. The molecule has 1 fully saturated rings. The first-order chi connectivity index (χ1) is 11.0. The van der Waals surface area contributed by atoms with Crippen molar-refractivity contribution in [3.8, 4) is 0 Å². The van der Waals surface area contributed by atoms with Crippen LogP contribution < -0.4 is 5.32 Å². The van der Waals surface area contributed by atoms with E-state index in [1.54, 1.807) is 13.0 Å². The molecule has 1 aliphatic rings. The van der Waals surface area contributed by atoms with E-state index in [1.165, 1.54) is 0 Å². The monoisotopic (exact) mass is 339 g/mol. The third-order valence-electron chi connectivity index (χ3n) is 4.30. The lowest BCUT2D eigenvalue weighted by molar-refractivity contribution is -0.138. The Bertz CT molecular complexity index is 569. The highest BCUT2D eigenvalue weighted by Crippen LogP contribution is 2.38. The molecular formula is C17H22ClNO4. The lowest BCUT2D eigenvalue weighted by Gasteiger charge is -2.37. The standard InChI is InChI=1S/C17H22ClNO4/c1-12(10-15(20)21)11-19-16(22)17(6-8-23-9-7-17)13-4-2-3-5-14(13)18/h2-5,12H,6-11H2,1H3,(H,19,22)(H,20,21). The van der Waals surface area contributed by atoms with Gasteiger partial charge in [0.2, 0.25) is 5.91 Å². The molecule has 2 N–H and O–H groups in total. The van der Waals surface area contributed by atoms with Crippen molar-refractivity contribution >= 4 is 23.5 Å². The average Bonchev–Trinajstić information content (AvgIpc) is 2.53. The molecule has 23 heavy (non-hydrogen) atoms. The molecule has 1 saturated heterocycles. The molecule has 2 rings (SSSR count). The van der Waals surface area contributed by atoms with Gasteiger partial charge in [0.1, 0.15) is 0 Å². The summed E-state index contributed by atoms with van der Waals surface area (Å²) in [6.07, 6.45) is 1.16. The van der Waals surface area contributed by atoms with Crippen molar-refractivity contribution in [1.82, 2.24) is 5.32 Å². The van der Waals surface area contributed by atoms with Crippen LogP contribution in [0.4, 0.5) is 0 Å². The number of nitrogens with one attached hydrogen (secondary N) is 1. The molecule has 5 nitrogen and oxygen atoms in total. The maximum atomic E-state index is 12.9. The highest BCUT2D eigenvalue weighted by atomic mass is 35.5. The minimum Gasteiger partial charge on any atom is -0.481 e. The minimum atomic E-state index is -0.862. The molecule has 0 aliphatic carbocycles. The second-order valence-corrected chi connectivity index (χ2v) is 6.49. The van der Waals surface area contributed by atoms with Crippen molar-refractivity contribution in [3.05, 3.63) is 34.9 Å². The van der Waals surface area contributed by atoms with Gasteiger partial charge < -0.3 is 15.2 Å². The zero-order chi connectivity index (χ0) is 16.9. The number of hydrogen-bond donors (Lipinski definition) is 2. The molecule has 0 aromatic heterocycles. The summed E-state index contributed by atoms with van der Waals surface area (Å²) in [5, 5.41) is 12.3. The topological polar surface area (TPSA) is 75.6 Å². The average molecular weight is 340 g/mol. The normalized spacial score (nSPS) is 18.2. The van der Waals surface area contributed by atoms with E-state index in [4.69, 9.17) is 21.4 Å². The number of amides is 1. The molecule has 0 radical (unpaired) electrons.